The first-order valence-corrected chi connectivity index (χ1v) is 15.5. The first-order chi connectivity index (χ1) is 21.8. The van der Waals surface area contributed by atoms with E-state index in [4.69, 9.17) is 9.57 Å². The highest BCUT2D eigenvalue weighted by molar-refractivity contribution is 5.66. The van der Waals surface area contributed by atoms with Gasteiger partial charge in [0, 0.05) is 34.4 Å². The number of carbonyl (C=O) groups excluding carboxylic acids is 2. The normalized spacial score (nSPS) is 12.4. The molecule has 1 fully saturated rings. The van der Waals surface area contributed by atoms with Gasteiger partial charge in [0.25, 0.3) is 0 Å². The fourth-order valence-corrected chi connectivity index (χ4v) is 2.60. The first-order valence-electron chi connectivity index (χ1n) is 15.5. The number of nitrogens with one attached hydrogen (secondary N) is 4. The Morgan fingerprint density at radius 2 is 1.47 bits per heavy atom. The van der Waals surface area contributed by atoms with Crippen LogP contribution in [0.5, 0.6) is 0 Å². The van der Waals surface area contributed by atoms with Crippen LogP contribution in [0.1, 0.15) is 65.2 Å². The van der Waals surface area contributed by atoms with Crippen LogP contribution in [0.4, 0.5) is 9.59 Å². The van der Waals surface area contributed by atoms with E-state index in [0.29, 0.717) is 33.3 Å². The molecule has 0 spiro atoms. The molecule has 0 aromatic carbocycles. The van der Waals surface area contributed by atoms with Gasteiger partial charge in [-0.3, -0.25) is 10.2 Å². The molecule has 14 nitrogen and oxygen atoms in total. The Bertz CT molecular complexity index is 558. The largest absolute Gasteiger partial charge is 0.453 e. The van der Waals surface area contributed by atoms with E-state index in [1.165, 1.54) is 86.2 Å². The summed E-state index contributed by atoms with van der Waals surface area (Å²) < 4.78 is 18.7. The molecule has 45 heavy (non-hydrogen) atoms. The number of unbranched alkanes of at least 4 members (excludes halogenated alkanes) is 2. The Labute approximate surface area is 274 Å². The zero-order chi connectivity index (χ0) is 35.2. The van der Waals surface area contributed by atoms with Crippen LogP contribution in [0, 0.1) is 0 Å². The van der Waals surface area contributed by atoms with Gasteiger partial charge < -0.3 is 34.9 Å². The van der Waals surface area contributed by atoms with Crippen molar-refractivity contribution < 1.29 is 43.1 Å². The number of amides is 2. The van der Waals surface area contributed by atoms with Crippen LogP contribution in [0.3, 0.4) is 0 Å². The summed E-state index contributed by atoms with van der Waals surface area (Å²) >= 11 is 0. The lowest BCUT2D eigenvalue weighted by atomic mass is 10.1. The van der Waals surface area contributed by atoms with E-state index in [-0.39, 0.29) is 6.09 Å². The van der Waals surface area contributed by atoms with Crippen molar-refractivity contribution in [1.82, 2.24) is 26.3 Å². The Hall–Kier alpha value is -2.30. The number of ether oxygens (including phenoxy) is 4. The minimum atomic E-state index is -0.407. The fourth-order valence-electron chi connectivity index (χ4n) is 2.60. The zero-order valence-electron chi connectivity index (χ0n) is 30.0. The lowest BCUT2D eigenvalue weighted by Gasteiger charge is -2.22. The minimum Gasteiger partial charge on any atom is -0.453 e. The number of carbonyl (C=O) groups is 2. The Morgan fingerprint density at radius 1 is 0.844 bits per heavy atom. The molecular weight excluding hydrogens is 586 g/mol. The first kappa shape index (κ1) is 52.2. The van der Waals surface area contributed by atoms with Crippen molar-refractivity contribution in [1.29, 1.82) is 0 Å². The van der Waals surface area contributed by atoms with E-state index in [9.17, 15) is 9.59 Å². The number of alkyl carbamates (subject to hydrolysis) is 2. The summed E-state index contributed by atoms with van der Waals surface area (Å²) in [5, 5.41) is 12.5. The maximum atomic E-state index is 10.1. The molecule has 1 saturated heterocycles. The predicted octanol–water partition coefficient (Wildman–Crippen LogP) is 4.63. The summed E-state index contributed by atoms with van der Waals surface area (Å²) in [4.78, 5) is 34.0. The van der Waals surface area contributed by atoms with Crippen LogP contribution in [0.15, 0.2) is 25.3 Å². The highest BCUT2D eigenvalue weighted by Crippen LogP contribution is 2.07. The average Bonchev–Trinajstić information content (AvgIpc) is 3.07. The zero-order valence-corrected chi connectivity index (χ0v) is 30.0. The molecule has 0 bridgehead atoms. The minimum absolute atomic E-state index is 0.373. The summed E-state index contributed by atoms with van der Waals surface area (Å²) in [7, 11) is 11.3. The van der Waals surface area contributed by atoms with Crippen molar-refractivity contribution in [3.63, 3.8) is 0 Å². The number of methoxy groups -OCH3 is 2. The van der Waals surface area contributed by atoms with Gasteiger partial charge in [-0.1, -0.05) is 51.2 Å². The molecule has 14 heteroatoms. The van der Waals surface area contributed by atoms with Crippen molar-refractivity contribution in [2.75, 3.05) is 102 Å². The molecule has 4 N–H and O–H groups in total. The highest BCUT2D eigenvalue weighted by Gasteiger charge is 2.06. The highest BCUT2D eigenvalue weighted by atomic mass is 17.2. The summed E-state index contributed by atoms with van der Waals surface area (Å²) in [6.07, 6.45) is 12.9. The smallest absolute Gasteiger partial charge is 0.406 e. The van der Waals surface area contributed by atoms with Gasteiger partial charge in [-0.25, -0.2) is 19.4 Å². The maximum absolute atomic E-state index is 10.1. The third-order valence-electron chi connectivity index (χ3n) is 4.81. The van der Waals surface area contributed by atoms with Crippen molar-refractivity contribution in [2.24, 2.45) is 0 Å². The molecule has 272 valence electrons. The van der Waals surface area contributed by atoms with Crippen LogP contribution in [0.25, 0.3) is 0 Å². The number of nitrogens with zero attached hydrogens (tertiary/aromatic N) is 1. The molecule has 0 aromatic rings. The third-order valence-corrected chi connectivity index (χ3v) is 4.81. The molecule has 0 atom stereocenters. The van der Waals surface area contributed by atoms with Crippen molar-refractivity contribution in [3.8, 4) is 0 Å². The molecule has 1 aliphatic heterocycles. The van der Waals surface area contributed by atoms with Gasteiger partial charge in [0.1, 0.15) is 20.1 Å². The summed E-state index contributed by atoms with van der Waals surface area (Å²) in [6, 6.07) is 0. The van der Waals surface area contributed by atoms with Gasteiger partial charge in [0.2, 0.25) is 0 Å². The van der Waals surface area contributed by atoms with Gasteiger partial charge in [0.15, 0.2) is 0 Å². The van der Waals surface area contributed by atoms with Crippen LogP contribution in [-0.4, -0.2) is 120 Å². The second-order valence-corrected chi connectivity index (χ2v) is 8.64. The molecule has 2 amide bonds. The molecule has 0 aliphatic carbocycles. The van der Waals surface area contributed by atoms with Crippen LogP contribution in [0.2, 0.25) is 0 Å². The van der Waals surface area contributed by atoms with E-state index in [0.717, 1.165) is 13.2 Å². The lowest BCUT2D eigenvalue weighted by molar-refractivity contribution is -0.263. The third kappa shape index (κ3) is 65.4. The molecule has 0 unspecified atom stereocenters. The monoisotopic (exact) mass is 656 g/mol. The molecule has 0 aromatic heterocycles. The Kier molecular flexibility index (Phi) is 62.9. The lowest BCUT2D eigenvalue weighted by Crippen LogP contribution is -2.32. The molecule has 0 saturated carbocycles. The van der Waals surface area contributed by atoms with Crippen molar-refractivity contribution in [3.05, 3.63) is 25.3 Å². The molecule has 1 aliphatic rings. The molecule has 1 heterocycles. The van der Waals surface area contributed by atoms with E-state index < -0.39 is 6.09 Å². The van der Waals surface area contributed by atoms with E-state index >= 15 is 0 Å². The Balaban J connectivity index is -0.000000150. The van der Waals surface area contributed by atoms with E-state index in [1.54, 1.807) is 26.2 Å². The number of hydrogen-bond acceptors (Lipinski definition) is 12. The van der Waals surface area contributed by atoms with Crippen LogP contribution in [-0.2, 0) is 33.6 Å². The van der Waals surface area contributed by atoms with Gasteiger partial charge in [-0.2, -0.15) is 5.06 Å². The molecule has 0 radical (unpaired) electrons. The molecular formula is C31H69N5O9. The number of hydrogen-bond donors (Lipinski definition) is 4. The van der Waals surface area contributed by atoms with E-state index in [1.807, 2.05) is 19.2 Å². The SMILES string of the molecule is C=CCOC.C=CCOOC.CCCCCNC.CCOC(=O)NC.CNC(=O)OC.CNCON1CCCCCCCOC1. The maximum Gasteiger partial charge on any atom is 0.406 e. The van der Waals surface area contributed by atoms with Gasteiger partial charge in [0.05, 0.1) is 27.4 Å². The number of rotatable bonds is 13. The second kappa shape index (κ2) is 54.2. The standard InChI is InChI=1S/C10H22N2O2.C6H15N.C4H9NO2.C4H8O2.C4H8O.C3H7NO2/c1-11-9-14-12-7-5-3-2-4-6-8-13-10-12;1-3-4-5-6-7-2;1-3-7-4(6)5-2;1-3-4-6-5-2;1-3-4-5-2;1-4-3(5)6-2/h11H,2-10H2,1H3;7H,3-6H2,1-2H3;3H2,1-2H3,(H,5,6);3H,1,4H2,2H3;3H,1,4H2,2H3;1-2H3,(H,4,5). The van der Waals surface area contributed by atoms with Crippen LogP contribution >= 0.6 is 0 Å². The summed E-state index contributed by atoms with van der Waals surface area (Å²) in [5.74, 6) is 0. The topological polar surface area (TPSA) is 150 Å². The average molecular weight is 656 g/mol. The predicted molar refractivity (Wildman–Crippen MR) is 182 cm³/mol. The van der Waals surface area contributed by atoms with E-state index in [2.05, 4.69) is 65.3 Å². The summed E-state index contributed by atoms with van der Waals surface area (Å²) in [6.45, 7) is 16.5. The van der Waals surface area contributed by atoms with Gasteiger partial charge in [-0.05, 0) is 46.8 Å². The second-order valence-electron chi connectivity index (χ2n) is 8.64. The fraction of sp³-hybridized carbons (Fsp3) is 0.806. The van der Waals surface area contributed by atoms with Crippen molar-refractivity contribution in [2.45, 2.75) is 65.2 Å². The van der Waals surface area contributed by atoms with Gasteiger partial charge in [-0.15, -0.1) is 13.2 Å². The number of hydroxylamine groups is 2. The van der Waals surface area contributed by atoms with Crippen LogP contribution < -0.4 is 21.3 Å². The Morgan fingerprint density at radius 3 is 1.84 bits per heavy atom. The molecule has 1 rings (SSSR count). The van der Waals surface area contributed by atoms with Gasteiger partial charge >= 0.3 is 12.2 Å². The summed E-state index contributed by atoms with van der Waals surface area (Å²) in [5.41, 5.74) is 0. The van der Waals surface area contributed by atoms with Crippen molar-refractivity contribution >= 4 is 12.2 Å². The quantitative estimate of drug-likeness (QED) is 0.0720.